The smallest absolute Gasteiger partial charge is 0.233 e. The van der Waals surface area contributed by atoms with Crippen LogP contribution in [-0.2, 0) is 11.3 Å². The lowest BCUT2D eigenvalue weighted by Crippen LogP contribution is -2.33. The molecule has 0 saturated heterocycles. The third kappa shape index (κ3) is 5.24. The van der Waals surface area contributed by atoms with Crippen molar-refractivity contribution in [3.05, 3.63) is 71.8 Å². The number of hydrogen-bond acceptors (Lipinski definition) is 5. The molecule has 6 nitrogen and oxygen atoms in total. The van der Waals surface area contributed by atoms with Crippen molar-refractivity contribution in [3.63, 3.8) is 0 Å². The minimum atomic E-state index is -0.0235. The first-order valence-electron chi connectivity index (χ1n) is 9.36. The molecule has 0 aliphatic heterocycles. The van der Waals surface area contributed by atoms with Gasteiger partial charge in [-0.05, 0) is 42.7 Å². The molecule has 0 fully saturated rings. The fraction of sp³-hybridized carbons (Fsp3) is 0.273. The zero-order valence-electron chi connectivity index (χ0n) is 16.6. The summed E-state index contributed by atoms with van der Waals surface area (Å²) in [6.45, 7) is 5.01. The van der Waals surface area contributed by atoms with Crippen LogP contribution in [0.2, 0.25) is 0 Å². The second kappa shape index (κ2) is 9.89. The highest BCUT2D eigenvalue weighted by molar-refractivity contribution is 7.99. The molecule has 0 radical (unpaired) electrons. The van der Waals surface area contributed by atoms with Gasteiger partial charge in [-0.3, -0.25) is 14.3 Å². The Kier molecular flexibility index (Phi) is 7.04. The van der Waals surface area contributed by atoms with Gasteiger partial charge in [-0.1, -0.05) is 30.0 Å². The summed E-state index contributed by atoms with van der Waals surface area (Å²) in [5.74, 6) is 0.234. The van der Waals surface area contributed by atoms with Crippen molar-refractivity contribution in [2.24, 2.45) is 0 Å². The molecule has 3 aromatic rings. The van der Waals surface area contributed by atoms with Gasteiger partial charge in [0.1, 0.15) is 0 Å². The van der Waals surface area contributed by atoms with Gasteiger partial charge in [0, 0.05) is 37.9 Å². The van der Waals surface area contributed by atoms with Crippen LogP contribution < -0.4 is 0 Å². The van der Waals surface area contributed by atoms with Gasteiger partial charge in [0.25, 0.3) is 0 Å². The number of benzene rings is 1. The first kappa shape index (κ1) is 20.6. The molecule has 1 aromatic carbocycles. The van der Waals surface area contributed by atoms with Crippen LogP contribution >= 0.6 is 11.8 Å². The standard InChI is InChI=1S/C22H23N5OS/c1-17-6-3-8-20(18(17)2)27-13-11-25-22(27)29-16-21(28)26(12-5-9-23)15-19-7-4-10-24-14-19/h3-4,6-8,10-11,13-14H,5,12,15-16H2,1-2H3. The number of imidazole rings is 1. The fourth-order valence-electron chi connectivity index (χ4n) is 2.98. The Balaban J connectivity index is 1.71. The molecular formula is C22H23N5OS. The van der Waals surface area contributed by atoms with Crippen molar-refractivity contribution in [1.29, 1.82) is 5.26 Å². The second-order valence-electron chi connectivity index (χ2n) is 6.67. The Hall–Kier alpha value is -3.11. The maximum atomic E-state index is 12.9. The number of aryl methyl sites for hydroxylation is 1. The van der Waals surface area contributed by atoms with Gasteiger partial charge in [0.05, 0.1) is 23.9 Å². The summed E-state index contributed by atoms with van der Waals surface area (Å²) in [4.78, 5) is 23.1. The predicted octanol–water partition coefficient (Wildman–Crippen LogP) is 3.92. The number of nitrogens with zero attached hydrogens (tertiary/aromatic N) is 5. The van der Waals surface area contributed by atoms with Crippen LogP contribution in [0.15, 0.2) is 60.3 Å². The molecule has 0 saturated carbocycles. The second-order valence-corrected chi connectivity index (χ2v) is 7.61. The van der Waals surface area contributed by atoms with Crippen LogP contribution in [0.1, 0.15) is 23.1 Å². The molecule has 2 heterocycles. The van der Waals surface area contributed by atoms with Gasteiger partial charge < -0.3 is 4.90 Å². The van der Waals surface area contributed by atoms with E-state index < -0.39 is 0 Å². The zero-order chi connectivity index (χ0) is 20.6. The summed E-state index contributed by atoms with van der Waals surface area (Å²) < 4.78 is 2.01. The van der Waals surface area contributed by atoms with E-state index in [0.717, 1.165) is 16.4 Å². The summed E-state index contributed by atoms with van der Waals surface area (Å²) in [5, 5.41) is 9.71. The lowest BCUT2D eigenvalue weighted by atomic mass is 10.1. The van der Waals surface area contributed by atoms with Gasteiger partial charge in [-0.2, -0.15) is 5.26 Å². The van der Waals surface area contributed by atoms with E-state index in [4.69, 9.17) is 5.26 Å². The normalized spacial score (nSPS) is 10.5. The molecule has 0 spiro atoms. The summed E-state index contributed by atoms with van der Waals surface area (Å²) >= 11 is 1.41. The third-order valence-corrected chi connectivity index (χ3v) is 5.66. The lowest BCUT2D eigenvalue weighted by Gasteiger charge is -2.21. The number of nitriles is 1. The van der Waals surface area contributed by atoms with E-state index in [1.807, 2.05) is 29.0 Å². The Bertz CT molecular complexity index is 1010. The molecule has 148 valence electrons. The molecule has 1 amide bonds. The molecule has 29 heavy (non-hydrogen) atoms. The summed E-state index contributed by atoms with van der Waals surface area (Å²) in [6.07, 6.45) is 7.41. The Morgan fingerprint density at radius 2 is 2.10 bits per heavy atom. The van der Waals surface area contributed by atoms with E-state index in [-0.39, 0.29) is 11.7 Å². The van der Waals surface area contributed by atoms with Crippen LogP contribution in [0.3, 0.4) is 0 Å². The van der Waals surface area contributed by atoms with Crippen molar-refractivity contribution >= 4 is 17.7 Å². The van der Waals surface area contributed by atoms with E-state index in [0.29, 0.717) is 19.5 Å². The Morgan fingerprint density at radius 1 is 1.24 bits per heavy atom. The minimum absolute atomic E-state index is 0.0235. The van der Waals surface area contributed by atoms with Gasteiger partial charge in [-0.25, -0.2) is 4.98 Å². The van der Waals surface area contributed by atoms with Crippen molar-refractivity contribution in [2.75, 3.05) is 12.3 Å². The highest BCUT2D eigenvalue weighted by atomic mass is 32.2. The number of carbonyl (C=O) groups excluding carboxylic acids is 1. The largest absolute Gasteiger partial charge is 0.337 e. The van der Waals surface area contributed by atoms with Crippen molar-refractivity contribution in [1.82, 2.24) is 19.4 Å². The zero-order valence-corrected chi connectivity index (χ0v) is 17.4. The number of thioether (sulfide) groups is 1. The average Bonchev–Trinajstić information content (AvgIpc) is 3.20. The van der Waals surface area contributed by atoms with E-state index in [2.05, 4.69) is 42.0 Å². The average molecular weight is 406 g/mol. The number of rotatable bonds is 8. The highest BCUT2D eigenvalue weighted by Gasteiger charge is 2.17. The molecule has 3 rings (SSSR count). The molecule has 0 atom stereocenters. The lowest BCUT2D eigenvalue weighted by molar-refractivity contribution is -0.128. The van der Waals surface area contributed by atoms with E-state index in [1.165, 1.54) is 22.9 Å². The molecular weight excluding hydrogens is 382 g/mol. The van der Waals surface area contributed by atoms with Gasteiger partial charge in [0.2, 0.25) is 5.91 Å². The first-order chi connectivity index (χ1) is 14.1. The van der Waals surface area contributed by atoms with Crippen molar-refractivity contribution in [3.8, 4) is 11.8 Å². The number of hydrogen-bond donors (Lipinski definition) is 0. The number of pyridine rings is 1. The maximum Gasteiger partial charge on any atom is 0.233 e. The van der Waals surface area contributed by atoms with Gasteiger partial charge in [-0.15, -0.1) is 0 Å². The van der Waals surface area contributed by atoms with Crippen LogP contribution in [-0.4, -0.2) is 37.6 Å². The highest BCUT2D eigenvalue weighted by Crippen LogP contribution is 2.24. The topological polar surface area (TPSA) is 74.8 Å². The van der Waals surface area contributed by atoms with E-state index in [9.17, 15) is 4.79 Å². The molecule has 0 aliphatic rings. The SMILES string of the molecule is Cc1cccc(-n2ccnc2SCC(=O)N(CCC#N)Cc2cccnc2)c1C. The summed E-state index contributed by atoms with van der Waals surface area (Å²) in [6, 6.07) is 12.1. The van der Waals surface area contributed by atoms with Crippen molar-refractivity contribution in [2.45, 2.75) is 32.0 Å². The molecule has 7 heteroatoms. The molecule has 0 aliphatic carbocycles. The van der Waals surface area contributed by atoms with Crippen molar-refractivity contribution < 1.29 is 4.79 Å². The van der Waals surface area contributed by atoms with Crippen LogP contribution in [0.25, 0.3) is 5.69 Å². The van der Waals surface area contributed by atoms with Gasteiger partial charge >= 0.3 is 0 Å². The molecule has 0 N–H and O–H groups in total. The predicted molar refractivity (Wildman–Crippen MR) is 114 cm³/mol. The van der Waals surface area contributed by atoms with Crippen LogP contribution in [0, 0.1) is 25.2 Å². The van der Waals surface area contributed by atoms with E-state index >= 15 is 0 Å². The fourth-order valence-corrected chi connectivity index (χ4v) is 3.85. The summed E-state index contributed by atoms with van der Waals surface area (Å²) in [5.41, 5.74) is 4.41. The molecule has 0 bridgehead atoms. The first-order valence-corrected chi connectivity index (χ1v) is 10.3. The Morgan fingerprint density at radius 3 is 2.86 bits per heavy atom. The maximum absolute atomic E-state index is 12.9. The minimum Gasteiger partial charge on any atom is -0.337 e. The molecule has 0 unspecified atom stereocenters. The third-order valence-electron chi connectivity index (χ3n) is 4.71. The number of amides is 1. The Labute approximate surface area is 175 Å². The van der Waals surface area contributed by atoms with E-state index in [1.54, 1.807) is 23.5 Å². The van der Waals surface area contributed by atoms with Crippen LogP contribution in [0.5, 0.6) is 0 Å². The van der Waals surface area contributed by atoms with Gasteiger partial charge in [0.15, 0.2) is 5.16 Å². The summed E-state index contributed by atoms with van der Waals surface area (Å²) in [7, 11) is 0. The van der Waals surface area contributed by atoms with Crippen LogP contribution in [0.4, 0.5) is 0 Å². The number of aromatic nitrogens is 3. The molecule has 2 aromatic heterocycles. The quantitative estimate of drug-likeness (QED) is 0.531. The number of carbonyl (C=O) groups is 1. The monoisotopic (exact) mass is 405 g/mol.